The Balaban J connectivity index is 1.92. The molecule has 5 heteroatoms. The standard InChI is InChI=1S/C29H27ClN2O2/c1-18-12-14-22(15-13-18)17-32-20(3)16-26(33)27(28(32)23-9-5-6-10-24(23)30)29(34)31-25-11-7-8-19(2)21(25)4/h5-16H,17H2,1-4H3,(H,31,34). The lowest BCUT2D eigenvalue weighted by Gasteiger charge is -2.21. The second kappa shape index (κ2) is 9.70. The first-order valence-corrected chi connectivity index (χ1v) is 11.6. The van der Waals surface area contributed by atoms with Gasteiger partial charge in [-0.15, -0.1) is 0 Å². The topological polar surface area (TPSA) is 51.1 Å². The number of hydrogen-bond acceptors (Lipinski definition) is 2. The molecule has 1 amide bonds. The first kappa shape index (κ1) is 23.5. The number of nitrogens with one attached hydrogen (secondary N) is 1. The largest absolute Gasteiger partial charge is 0.340 e. The van der Waals surface area contributed by atoms with Crippen LogP contribution in [0.3, 0.4) is 0 Å². The summed E-state index contributed by atoms with van der Waals surface area (Å²) in [6, 6.07) is 22.8. The summed E-state index contributed by atoms with van der Waals surface area (Å²) in [7, 11) is 0. The summed E-state index contributed by atoms with van der Waals surface area (Å²) in [4.78, 5) is 26.9. The average Bonchev–Trinajstić information content (AvgIpc) is 2.80. The molecule has 1 N–H and O–H groups in total. The molecule has 4 aromatic rings. The van der Waals surface area contributed by atoms with Gasteiger partial charge in [-0.3, -0.25) is 9.59 Å². The molecule has 0 aliphatic carbocycles. The van der Waals surface area contributed by atoms with E-state index in [4.69, 9.17) is 11.6 Å². The third-order valence-electron chi connectivity index (χ3n) is 6.19. The van der Waals surface area contributed by atoms with Crippen molar-refractivity contribution in [2.75, 3.05) is 5.32 Å². The SMILES string of the molecule is Cc1ccc(Cn2c(C)cc(=O)c(C(=O)Nc3cccc(C)c3C)c2-c2ccccc2Cl)cc1. The van der Waals surface area contributed by atoms with Crippen LogP contribution in [0.2, 0.25) is 5.02 Å². The lowest BCUT2D eigenvalue weighted by atomic mass is 10.0. The molecule has 172 valence electrons. The third kappa shape index (κ3) is 4.68. The molecule has 3 aromatic carbocycles. The van der Waals surface area contributed by atoms with Gasteiger partial charge in [-0.25, -0.2) is 0 Å². The highest BCUT2D eigenvalue weighted by Gasteiger charge is 2.24. The van der Waals surface area contributed by atoms with Crippen molar-refractivity contribution in [2.24, 2.45) is 0 Å². The Morgan fingerprint density at radius 3 is 2.32 bits per heavy atom. The van der Waals surface area contributed by atoms with Crippen LogP contribution in [0.4, 0.5) is 5.69 Å². The van der Waals surface area contributed by atoms with Gasteiger partial charge in [0.2, 0.25) is 0 Å². The number of halogens is 1. The summed E-state index contributed by atoms with van der Waals surface area (Å²) in [6.07, 6.45) is 0. The van der Waals surface area contributed by atoms with Gasteiger partial charge in [0.15, 0.2) is 5.43 Å². The molecule has 0 saturated carbocycles. The Labute approximate surface area is 204 Å². The van der Waals surface area contributed by atoms with Crippen LogP contribution >= 0.6 is 11.6 Å². The fraction of sp³-hybridized carbons (Fsp3) is 0.172. The van der Waals surface area contributed by atoms with Crippen molar-refractivity contribution in [3.63, 3.8) is 0 Å². The van der Waals surface area contributed by atoms with Crippen LogP contribution in [-0.4, -0.2) is 10.5 Å². The monoisotopic (exact) mass is 470 g/mol. The maximum atomic E-state index is 13.6. The van der Waals surface area contributed by atoms with E-state index in [9.17, 15) is 9.59 Å². The number of pyridine rings is 1. The van der Waals surface area contributed by atoms with E-state index in [2.05, 4.69) is 29.6 Å². The summed E-state index contributed by atoms with van der Waals surface area (Å²) >= 11 is 6.59. The first-order chi connectivity index (χ1) is 16.3. The molecule has 0 radical (unpaired) electrons. The van der Waals surface area contributed by atoms with Crippen molar-refractivity contribution in [1.29, 1.82) is 0 Å². The minimum absolute atomic E-state index is 0.0757. The van der Waals surface area contributed by atoms with Crippen LogP contribution in [0.1, 0.15) is 38.3 Å². The van der Waals surface area contributed by atoms with Gasteiger partial charge in [0.05, 0.1) is 5.69 Å². The zero-order chi connectivity index (χ0) is 24.4. The number of aryl methyl sites for hydroxylation is 3. The molecule has 1 heterocycles. The van der Waals surface area contributed by atoms with E-state index >= 15 is 0 Å². The first-order valence-electron chi connectivity index (χ1n) is 11.2. The minimum Gasteiger partial charge on any atom is -0.340 e. The average molecular weight is 471 g/mol. The zero-order valence-electron chi connectivity index (χ0n) is 19.8. The van der Waals surface area contributed by atoms with Gasteiger partial charge in [0.1, 0.15) is 5.56 Å². The quantitative estimate of drug-likeness (QED) is 0.352. The van der Waals surface area contributed by atoms with Gasteiger partial charge in [-0.05, 0) is 56.5 Å². The molecule has 0 spiro atoms. The summed E-state index contributed by atoms with van der Waals surface area (Å²) in [5, 5.41) is 3.44. The summed E-state index contributed by atoms with van der Waals surface area (Å²) < 4.78 is 1.99. The van der Waals surface area contributed by atoms with Gasteiger partial charge >= 0.3 is 0 Å². The second-order valence-electron chi connectivity index (χ2n) is 8.63. The highest BCUT2D eigenvalue weighted by molar-refractivity contribution is 6.33. The Kier molecular flexibility index (Phi) is 6.71. The Bertz CT molecular complexity index is 1440. The number of amides is 1. The van der Waals surface area contributed by atoms with Crippen LogP contribution < -0.4 is 10.7 Å². The van der Waals surface area contributed by atoms with Gasteiger partial charge in [0, 0.05) is 34.6 Å². The highest BCUT2D eigenvalue weighted by atomic mass is 35.5. The minimum atomic E-state index is -0.453. The molecule has 0 atom stereocenters. The molecule has 0 aliphatic rings. The molecule has 0 aliphatic heterocycles. The molecule has 0 saturated heterocycles. The Hall–Kier alpha value is -3.63. The van der Waals surface area contributed by atoms with Crippen LogP contribution in [0.5, 0.6) is 0 Å². The van der Waals surface area contributed by atoms with Crippen LogP contribution in [0, 0.1) is 27.7 Å². The molecule has 0 bridgehead atoms. The molecule has 1 aromatic heterocycles. The summed E-state index contributed by atoms with van der Waals surface area (Å²) in [6.45, 7) is 8.35. The molecule has 4 rings (SSSR count). The predicted molar refractivity (Wildman–Crippen MR) is 140 cm³/mol. The number of carbonyl (C=O) groups excluding carboxylic acids is 1. The molecule has 0 fully saturated rings. The molecular formula is C29H27ClN2O2. The third-order valence-corrected chi connectivity index (χ3v) is 6.52. The molecule has 0 unspecified atom stereocenters. The van der Waals surface area contributed by atoms with Crippen LogP contribution in [-0.2, 0) is 6.54 Å². The summed E-state index contributed by atoms with van der Waals surface area (Å²) in [5.74, 6) is -0.453. The van der Waals surface area contributed by atoms with Crippen LogP contribution in [0.15, 0.2) is 77.6 Å². The number of aromatic nitrogens is 1. The van der Waals surface area contributed by atoms with E-state index in [0.29, 0.717) is 28.5 Å². The zero-order valence-corrected chi connectivity index (χ0v) is 20.5. The Morgan fingerprint density at radius 2 is 1.62 bits per heavy atom. The van der Waals surface area contributed by atoms with E-state index in [1.54, 1.807) is 6.07 Å². The summed E-state index contributed by atoms with van der Waals surface area (Å²) in [5.41, 5.74) is 6.58. The van der Waals surface area contributed by atoms with Crippen molar-refractivity contribution in [1.82, 2.24) is 4.57 Å². The Morgan fingerprint density at radius 1 is 0.912 bits per heavy atom. The second-order valence-corrected chi connectivity index (χ2v) is 9.03. The van der Waals surface area contributed by atoms with Gasteiger partial charge < -0.3 is 9.88 Å². The number of benzene rings is 3. The lowest BCUT2D eigenvalue weighted by molar-refractivity contribution is 0.102. The highest BCUT2D eigenvalue weighted by Crippen LogP contribution is 2.31. The normalized spacial score (nSPS) is 10.9. The maximum Gasteiger partial charge on any atom is 0.261 e. The smallest absolute Gasteiger partial charge is 0.261 e. The van der Waals surface area contributed by atoms with E-state index < -0.39 is 5.91 Å². The van der Waals surface area contributed by atoms with Crippen LogP contribution in [0.25, 0.3) is 11.3 Å². The van der Waals surface area contributed by atoms with Gasteiger partial charge in [-0.2, -0.15) is 0 Å². The lowest BCUT2D eigenvalue weighted by Crippen LogP contribution is -2.27. The molecule has 4 nitrogen and oxygen atoms in total. The molecular weight excluding hydrogens is 444 g/mol. The number of rotatable bonds is 5. The predicted octanol–water partition coefficient (Wildman–Crippen LogP) is 6.70. The number of hydrogen-bond donors (Lipinski definition) is 1. The van der Waals surface area contributed by atoms with Crippen molar-refractivity contribution >= 4 is 23.2 Å². The van der Waals surface area contributed by atoms with Crippen molar-refractivity contribution in [3.05, 3.63) is 122 Å². The van der Waals surface area contributed by atoms with E-state index in [0.717, 1.165) is 22.4 Å². The fourth-order valence-corrected chi connectivity index (χ4v) is 4.30. The molecule has 34 heavy (non-hydrogen) atoms. The van der Waals surface area contributed by atoms with Gasteiger partial charge in [-0.1, -0.05) is 71.8 Å². The van der Waals surface area contributed by atoms with Crippen molar-refractivity contribution < 1.29 is 4.79 Å². The van der Waals surface area contributed by atoms with E-state index in [1.807, 2.05) is 68.7 Å². The number of carbonyl (C=O) groups is 1. The van der Waals surface area contributed by atoms with E-state index in [-0.39, 0.29) is 11.0 Å². The van der Waals surface area contributed by atoms with E-state index in [1.165, 1.54) is 11.6 Å². The van der Waals surface area contributed by atoms with Crippen molar-refractivity contribution in [3.8, 4) is 11.3 Å². The van der Waals surface area contributed by atoms with Gasteiger partial charge in [0.25, 0.3) is 5.91 Å². The van der Waals surface area contributed by atoms with Crippen molar-refractivity contribution in [2.45, 2.75) is 34.2 Å². The maximum absolute atomic E-state index is 13.6. The fourth-order valence-electron chi connectivity index (χ4n) is 4.07. The number of nitrogens with zero attached hydrogens (tertiary/aromatic N) is 1. The number of anilines is 1.